The number of rotatable bonds is 6. The summed E-state index contributed by atoms with van der Waals surface area (Å²) in [7, 11) is 0. The Bertz CT molecular complexity index is 862. The Morgan fingerprint density at radius 2 is 1.71 bits per heavy atom. The number of urea groups is 1. The zero-order valence-electron chi connectivity index (χ0n) is 16.5. The predicted octanol–water partition coefficient (Wildman–Crippen LogP) is 5.09. The Labute approximate surface area is 165 Å². The van der Waals surface area contributed by atoms with Gasteiger partial charge in [0, 0.05) is 6.07 Å². The van der Waals surface area contributed by atoms with Crippen molar-refractivity contribution in [1.29, 1.82) is 0 Å². The molecule has 28 heavy (non-hydrogen) atoms. The lowest BCUT2D eigenvalue weighted by Gasteiger charge is -2.18. The van der Waals surface area contributed by atoms with Crippen molar-refractivity contribution in [3.05, 3.63) is 64.7 Å². The minimum Gasteiger partial charge on any atom is -0.327 e. The maximum absolute atomic E-state index is 14.2. The molecule has 0 aliphatic carbocycles. The average molecular weight is 384 g/mol. The van der Waals surface area contributed by atoms with Gasteiger partial charge in [0.1, 0.15) is 11.6 Å². The Balaban J connectivity index is 2.10. The third-order valence-corrected chi connectivity index (χ3v) is 4.17. The van der Waals surface area contributed by atoms with Crippen molar-refractivity contribution < 1.29 is 13.6 Å². The molecule has 2 amide bonds. The molecule has 0 saturated carbocycles. The molecule has 3 nitrogen and oxygen atoms in total. The quantitative estimate of drug-likeness (QED) is 0.669. The van der Waals surface area contributed by atoms with Crippen LogP contribution in [0.3, 0.4) is 0 Å². The SMILES string of the molecule is C#CCNC(=O)Nc1c(F)cc(F)cc1CCc1ccc(CC(C)(C)C)cc1. The molecule has 0 spiro atoms. The van der Waals surface area contributed by atoms with Gasteiger partial charge in [-0.25, -0.2) is 13.6 Å². The van der Waals surface area contributed by atoms with Crippen molar-refractivity contribution in [1.82, 2.24) is 5.32 Å². The van der Waals surface area contributed by atoms with Crippen LogP contribution in [-0.4, -0.2) is 12.6 Å². The van der Waals surface area contributed by atoms with Crippen LogP contribution in [0, 0.1) is 29.4 Å². The molecule has 0 saturated heterocycles. The predicted molar refractivity (Wildman–Crippen MR) is 109 cm³/mol. The maximum atomic E-state index is 14.2. The van der Waals surface area contributed by atoms with Crippen molar-refractivity contribution in [2.75, 3.05) is 11.9 Å². The summed E-state index contributed by atoms with van der Waals surface area (Å²) < 4.78 is 27.9. The molecule has 0 bridgehead atoms. The normalized spacial score (nSPS) is 11.0. The number of terminal acetylenes is 1. The zero-order chi connectivity index (χ0) is 20.7. The number of hydrogen-bond donors (Lipinski definition) is 2. The second kappa shape index (κ2) is 9.36. The van der Waals surface area contributed by atoms with Crippen molar-refractivity contribution in [2.45, 2.75) is 40.0 Å². The molecule has 0 fully saturated rings. The van der Waals surface area contributed by atoms with E-state index in [1.807, 2.05) is 12.1 Å². The summed E-state index contributed by atoms with van der Waals surface area (Å²) in [5.74, 6) is 0.771. The Morgan fingerprint density at radius 3 is 2.32 bits per heavy atom. The lowest BCUT2D eigenvalue weighted by molar-refractivity contribution is 0.253. The van der Waals surface area contributed by atoms with Gasteiger partial charge in [0.2, 0.25) is 0 Å². The van der Waals surface area contributed by atoms with E-state index >= 15 is 0 Å². The molecule has 2 aromatic carbocycles. The largest absolute Gasteiger partial charge is 0.327 e. The summed E-state index contributed by atoms with van der Waals surface area (Å²) in [6.07, 6.45) is 7.05. The van der Waals surface area contributed by atoms with Crippen LogP contribution in [0.25, 0.3) is 0 Å². The molecule has 2 aromatic rings. The van der Waals surface area contributed by atoms with E-state index in [-0.39, 0.29) is 17.6 Å². The van der Waals surface area contributed by atoms with E-state index in [4.69, 9.17) is 6.42 Å². The fraction of sp³-hybridized carbons (Fsp3) is 0.348. The second-order valence-corrected chi connectivity index (χ2v) is 7.99. The highest BCUT2D eigenvalue weighted by molar-refractivity contribution is 5.90. The van der Waals surface area contributed by atoms with E-state index in [1.54, 1.807) is 0 Å². The first kappa shape index (κ1) is 21.4. The summed E-state index contributed by atoms with van der Waals surface area (Å²) in [4.78, 5) is 11.8. The maximum Gasteiger partial charge on any atom is 0.320 e. The molecule has 2 rings (SSSR count). The monoisotopic (exact) mass is 384 g/mol. The van der Waals surface area contributed by atoms with E-state index in [2.05, 4.69) is 49.5 Å². The second-order valence-electron chi connectivity index (χ2n) is 7.99. The molecular weight excluding hydrogens is 358 g/mol. The number of anilines is 1. The van der Waals surface area contributed by atoms with Gasteiger partial charge in [-0.3, -0.25) is 0 Å². The van der Waals surface area contributed by atoms with Crippen LogP contribution in [0.4, 0.5) is 19.3 Å². The Morgan fingerprint density at radius 1 is 1.07 bits per heavy atom. The fourth-order valence-corrected chi connectivity index (χ4v) is 2.97. The number of benzene rings is 2. The van der Waals surface area contributed by atoms with Crippen molar-refractivity contribution in [2.24, 2.45) is 5.41 Å². The summed E-state index contributed by atoms with van der Waals surface area (Å²) >= 11 is 0. The van der Waals surface area contributed by atoms with Crippen LogP contribution < -0.4 is 10.6 Å². The molecule has 0 radical (unpaired) electrons. The van der Waals surface area contributed by atoms with Crippen LogP contribution in [0.2, 0.25) is 0 Å². The van der Waals surface area contributed by atoms with E-state index in [1.165, 1.54) is 11.6 Å². The van der Waals surface area contributed by atoms with Gasteiger partial charge in [-0.15, -0.1) is 6.42 Å². The highest BCUT2D eigenvalue weighted by Gasteiger charge is 2.15. The summed E-state index contributed by atoms with van der Waals surface area (Å²) in [6, 6.07) is 9.59. The van der Waals surface area contributed by atoms with Gasteiger partial charge in [-0.05, 0) is 47.4 Å². The Hall–Kier alpha value is -2.87. The highest BCUT2D eigenvalue weighted by Crippen LogP contribution is 2.24. The molecule has 0 heterocycles. The third-order valence-electron chi connectivity index (χ3n) is 4.17. The molecule has 148 valence electrons. The number of carbonyl (C=O) groups is 1. The van der Waals surface area contributed by atoms with Crippen LogP contribution in [-0.2, 0) is 19.3 Å². The Kier molecular flexibility index (Phi) is 7.17. The van der Waals surface area contributed by atoms with Gasteiger partial charge in [-0.2, -0.15) is 0 Å². The van der Waals surface area contributed by atoms with Crippen LogP contribution in [0.15, 0.2) is 36.4 Å². The number of aryl methyl sites for hydroxylation is 2. The van der Waals surface area contributed by atoms with Gasteiger partial charge in [0.05, 0.1) is 12.2 Å². The van der Waals surface area contributed by atoms with Crippen LogP contribution in [0.5, 0.6) is 0 Å². The molecule has 0 aromatic heterocycles. The molecule has 0 aliphatic rings. The summed E-state index contributed by atoms with van der Waals surface area (Å²) in [5, 5.41) is 4.83. The lowest BCUT2D eigenvalue weighted by atomic mass is 9.88. The van der Waals surface area contributed by atoms with Gasteiger partial charge in [0.15, 0.2) is 0 Å². The first-order chi connectivity index (χ1) is 13.2. The molecule has 0 unspecified atom stereocenters. The van der Waals surface area contributed by atoms with Crippen LogP contribution >= 0.6 is 0 Å². The van der Waals surface area contributed by atoms with Crippen molar-refractivity contribution in [3.63, 3.8) is 0 Å². The molecule has 5 heteroatoms. The van der Waals surface area contributed by atoms with E-state index in [0.717, 1.165) is 18.1 Å². The standard InChI is InChI=1S/C23H26F2N2O/c1-5-12-26-22(28)27-21-18(13-19(24)14-20(21)25)11-10-16-6-8-17(9-7-16)15-23(2,3)4/h1,6-9,13-14H,10-12,15H2,2-4H3,(H2,26,27,28). The minimum atomic E-state index is -0.814. The van der Waals surface area contributed by atoms with E-state index < -0.39 is 17.7 Å². The fourth-order valence-electron chi connectivity index (χ4n) is 2.97. The topological polar surface area (TPSA) is 41.1 Å². The molecule has 2 N–H and O–H groups in total. The van der Waals surface area contributed by atoms with Gasteiger partial charge < -0.3 is 10.6 Å². The van der Waals surface area contributed by atoms with Gasteiger partial charge in [-0.1, -0.05) is 51.0 Å². The summed E-state index contributed by atoms with van der Waals surface area (Å²) in [5.41, 5.74) is 2.89. The first-order valence-electron chi connectivity index (χ1n) is 9.22. The highest BCUT2D eigenvalue weighted by atomic mass is 19.1. The first-order valence-corrected chi connectivity index (χ1v) is 9.22. The smallest absolute Gasteiger partial charge is 0.320 e. The van der Waals surface area contributed by atoms with Crippen LogP contribution in [0.1, 0.15) is 37.5 Å². The zero-order valence-corrected chi connectivity index (χ0v) is 16.5. The van der Waals surface area contributed by atoms with E-state index in [0.29, 0.717) is 18.4 Å². The lowest BCUT2D eigenvalue weighted by Crippen LogP contribution is -2.29. The van der Waals surface area contributed by atoms with Crippen molar-refractivity contribution in [3.8, 4) is 12.3 Å². The average Bonchev–Trinajstić information content (AvgIpc) is 2.60. The molecule has 0 atom stereocenters. The van der Waals surface area contributed by atoms with Gasteiger partial charge in [0.25, 0.3) is 0 Å². The third kappa shape index (κ3) is 6.70. The molecular formula is C23H26F2N2O. The number of amides is 2. The van der Waals surface area contributed by atoms with Crippen molar-refractivity contribution >= 4 is 11.7 Å². The number of halogens is 2. The number of nitrogens with one attached hydrogen (secondary N) is 2. The minimum absolute atomic E-state index is 0.0187. The molecule has 0 aliphatic heterocycles. The van der Waals surface area contributed by atoms with E-state index in [9.17, 15) is 13.6 Å². The van der Waals surface area contributed by atoms with Gasteiger partial charge >= 0.3 is 6.03 Å². The summed E-state index contributed by atoms with van der Waals surface area (Å²) in [6.45, 7) is 6.58. The number of carbonyl (C=O) groups excluding carboxylic acids is 1. The number of hydrogen-bond acceptors (Lipinski definition) is 1.